The van der Waals surface area contributed by atoms with Crippen LogP contribution in [0.1, 0.15) is 11.1 Å². The van der Waals surface area contributed by atoms with E-state index in [0.717, 1.165) is 28.1 Å². The highest BCUT2D eigenvalue weighted by molar-refractivity contribution is 8.26. The summed E-state index contributed by atoms with van der Waals surface area (Å²) >= 11 is 13.0. The van der Waals surface area contributed by atoms with Crippen molar-refractivity contribution in [3.8, 4) is 28.4 Å². The number of aromatic nitrogens is 2. The number of thiocarbonyl (C=S) groups is 1. The topological polar surface area (TPSA) is 56.6 Å². The molecule has 1 aromatic heterocycles. The third kappa shape index (κ3) is 5.48. The zero-order valence-electron chi connectivity index (χ0n) is 20.8. The molecule has 192 valence electrons. The first kappa shape index (κ1) is 26.0. The van der Waals surface area contributed by atoms with Gasteiger partial charge in [-0.05, 0) is 54.5 Å². The Morgan fingerprint density at radius 2 is 1.74 bits per heavy atom. The van der Waals surface area contributed by atoms with Gasteiger partial charge in [0.2, 0.25) is 0 Å². The van der Waals surface area contributed by atoms with E-state index in [4.69, 9.17) is 38.4 Å². The lowest BCUT2D eigenvalue weighted by atomic mass is 10.1. The normalized spacial score (nSPS) is 14.4. The minimum Gasteiger partial charge on any atom is -0.493 e. The van der Waals surface area contributed by atoms with E-state index in [1.807, 2.05) is 89.8 Å². The molecule has 1 saturated heterocycles. The Morgan fingerprint density at radius 3 is 2.45 bits per heavy atom. The number of hydrogen-bond acceptors (Lipinski definition) is 6. The van der Waals surface area contributed by atoms with E-state index in [1.54, 1.807) is 19.1 Å². The van der Waals surface area contributed by atoms with Crippen molar-refractivity contribution >= 4 is 51.9 Å². The molecule has 0 spiro atoms. The zero-order chi connectivity index (χ0) is 26.6. The number of carbonyl (C=O) groups is 1. The summed E-state index contributed by atoms with van der Waals surface area (Å²) in [5.41, 5.74) is 4.41. The average Bonchev–Trinajstić information content (AvgIpc) is 3.48. The highest BCUT2D eigenvalue weighted by Gasteiger charge is 2.32. The third-order valence-corrected chi connectivity index (χ3v) is 7.74. The van der Waals surface area contributed by atoms with Crippen molar-refractivity contribution in [2.75, 3.05) is 20.8 Å². The molecule has 0 bridgehead atoms. The maximum Gasteiger partial charge on any atom is 0.266 e. The molecule has 0 N–H and O–H groups in total. The molecule has 1 fully saturated rings. The maximum absolute atomic E-state index is 13.4. The van der Waals surface area contributed by atoms with Crippen molar-refractivity contribution in [2.45, 2.75) is 6.42 Å². The zero-order valence-corrected chi connectivity index (χ0v) is 23.1. The van der Waals surface area contributed by atoms with Gasteiger partial charge in [-0.15, -0.1) is 0 Å². The second-order valence-corrected chi connectivity index (χ2v) is 10.6. The first-order chi connectivity index (χ1) is 18.5. The molecule has 6 nitrogen and oxygen atoms in total. The van der Waals surface area contributed by atoms with Crippen LogP contribution in [0, 0.1) is 0 Å². The molecule has 9 heteroatoms. The van der Waals surface area contributed by atoms with Crippen LogP contribution in [0.4, 0.5) is 0 Å². The van der Waals surface area contributed by atoms with Crippen LogP contribution in [-0.2, 0) is 11.2 Å². The molecular weight excluding hydrogens is 538 g/mol. The van der Waals surface area contributed by atoms with Gasteiger partial charge in [-0.2, -0.15) is 5.10 Å². The number of benzene rings is 3. The van der Waals surface area contributed by atoms with Gasteiger partial charge >= 0.3 is 0 Å². The largest absolute Gasteiger partial charge is 0.493 e. The van der Waals surface area contributed by atoms with Crippen LogP contribution < -0.4 is 9.47 Å². The molecule has 3 aromatic carbocycles. The van der Waals surface area contributed by atoms with Gasteiger partial charge in [0.05, 0.1) is 30.5 Å². The van der Waals surface area contributed by atoms with E-state index >= 15 is 0 Å². The number of halogens is 1. The van der Waals surface area contributed by atoms with E-state index in [-0.39, 0.29) is 5.91 Å². The van der Waals surface area contributed by atoms with Crippen LogP contribution in [0.15, 0.2) is 83.9 Å². The Hall–Kier alpha value is -3.59. The first-order valence-electron chi connectivity index (χ1n) is 11.8. The molecule has 1 amide bonds. The van der Waals surface area contributed by atoms with Crippen LogP contribution in [0.2, 0.25) is 5.02 Å². The van der Waals surface area contributed by atoms with Gasteiger partial charge in [-0.25, -0.2) is 4.68 Å². The fourth-order valence-corrected chi connectivity index (χ4v) is 5.57. The van der Waals surface area contributed by atoms with Crippen LogP contribution in [0.25, 0.3) is 23.0 Å². The molecule has 38 heavy (non-hydrogen) atoms. The molecule has 0 aliphatic carbocycles. The van der Waals surface area contributed by atoms with Crippen molar-refractivity contribution in [2.24, 2.45) is 0 Å². The molecule has 1 aliphatic heterocycles. The second-order valence-electron chi connectivity index (χ2n) is 8.49. The number of para-hydroxylation sites is 1. The van der Waals surface area contributed by atoms with E-state index in [0.29, 0.717) is 38.7 Å². The Labute approximate surface area is 235 Å². The Morgan fingerprint density at radius 1 is 1.00 bits per heavy atom. The van der Waals surface area contributed by atoms with Crippen LogP contribution in [0.5, 0.6) is 11.5 Å². The summed E-state index contributed by atoms with van der Waals surface area (Å²) in [5, 5.41) is 5.48. The predicted molar refractivity (Wildman–Crippen MR) is 157 cm³/mol. The van der Waals surface area contributed by atoms with Gasteiger partial charge in [-0.1, -0.05) is 72.0 Å². The van der Waals surface area contributed by atoms with Gasteiger partial charge in [-0.3, -0.25) is 9.69 Å². The van der Waals surface area contributed by atoms with Crippen molar-refractivity contribution in [3.63, 3.8) is 0 Å². The third-order valence-electron chi connectivity index (χ3n) is 6.11. The van der Waals surface area contributed by atoms with Crippen LogP contribution >= 0.6 is 35.6 Å². The predicted octanol–water partition coefficient (Wildman–Crippen LogP) is 6.65. The summed E-state index contributed by atoms with van der Waals surface area (Å²) in [5.74, 6) is 1.20. The number of nitrogens with zero attached hydrogens (tertiary/aromatic N) is 3. The SMILES string of the molecule is COc1ccc(CCN2C(=O)C(=Cc3cn(-c4ccccc4)nc3-c3ccc(Cl)cc3)SC2=S)cc1OC. The molecule has 4 aromatic rings. The van der Waals surface area contributed by atoms with Crippen LogP contribution in [-0.4, -0.2) is 45.7 Å². The monoisotopic (exact) mass is 561 g/mol. The lowest BCUT2D eigenvalue weighted by molar-refractivity contribution is -0.122. The summed E-state index contributed by atoms with van der Waals surface area (Å²) in [4.78, 5) is 15.6. The Balaban J connectivity index is 1.42. The van der Waals surface area contributed by atoms with Gasteiger partial charge in [0.15, 0.2) is 11.5 Å². The van der Waals surface area contributed by atoms with Crippen molar-refractivity contribution in [1.29, 1.82) is 0 Å². The minimum absolute atomic E-state index is 0.116. The Kier molecular flexibility index (Phi) is 7.83. The molecule has 0 saturated carbocycles. The fourth-order valence-electron chi connectivity index (χ4n) is 4.15. The molecule has 0 radical (unpaired) electrons. The molecule has 5 rings (SSSR count). The van der Waals surface area contributed by atoms with Crippen molar-refractivity contribution < 1.29 is 14.3 Å². The van der Waals surface area contributed by atoms with Gasteiger partial charge in [0, 0.05) is 28.9 Å². The molecule has 2 heterocycles. The number of carbonyl (C=O) groups excluding carboxylic acids is 1. The van der Waals surface area contributed by atoms with Crippen molar-refractivity contribution in [1.82, 2.24) is 14.7 Å². The standard InChI is InChI=1S/C29H24ClN3O3S2/c1-35-24-13-8-19(16-25(24)36-2)14-15-32-28(34)26(38-29(32)37)17-21-18-33(23-6-4-3-5-7-23)31-27(21)20-9-11-22(30)12-10-20/h3-13,16-18H,14-15H2,1-2H3. The highest BCUT2D eigenvalue weighted by atomic mass is 35.5. The van der Waals surface area contributed by atoms with Gasteiger partial charge in [0.1, 0.15) is 4.32 Å². The van der Waals surface area contributed by atoms with E-state index in [9.17, 15) is 4.79 Å². The lowest BCUT2D eigenvalue weighted by Gasteiger charge is -2.15. The van der Waals surface area contributed by atoms with E-state index in [2.05, 4.69) is 0 Å². The quantitative estimate of drug-likeness (QED) is 0.177. The number of thioether (sulfide) groups is 1. The molecule has 1 aliphatic rings. The summed E-state index contributed by atoms with van der Waals surface area (Å²) in [6.45, 7) is 0.463. The summed E-state index contributed by atoms with van der Waals surface area (Å²) in [7, 11) is 3.21. The molecular formula is C29H24ClN3O3S2. The van der Waals surface area contributed by atoms with E-state index < -0.39 is 0 Å². The Bertz CT molecular complexity index is 1520. The summed E-state index contributed by atoms with van der Waals surface area (Å²) < 4.78 is 13.1. The lowest BCUT2D eigenvalue weighted by Crippen LogP contribution is -2.30. The van der Waals surface area contributed by atoms with Crippen LogP contribution in [0.3, 0.4) is 0 Å². The average molecular weight is 562 g/mol. The maximum atomic E-state index is 13.4. The minimum atomic E-state index is -0.116. The number of ether oxygens (including phenoxy) is 2. The van der Waals surface area contributed by atoms with Gasteiger partial charge < -0.3 is 9.47 Å². The van der Waals surface area contributed by atoms with E-state index in [1.165, 1.54) is 11.8 Å². The number of methoxy groups -OCH3 is 2. The summed E-state index contributed by atoms with van der Waals surface area (Å²) in [6.07, 6.45) is 4.42. The molecule has 0 atom stereocenters. The highest BCUT2D eigenvalue weighted by Crippen LogP contribution is 2.35. The first-order valence-corrected chi connectivity index (χ1v) is 13.4. The smallest absolute Gasteiger partial charge is 0.266 e. The number of amides is 1. The van der Waals surface area contributed by atoms with Gasteiger partial charge in [0.25, 0.3) is 5.91 Å². The summed E-state index contributed by atoms with van der Waals surface area (Å²) in [6, 6.07) is 23.1. The molecule has 0 unspecified atom stereocenters. The number of hydrogen-bond donors (Lipinski definition) is 0. The number of rotatable bonds is 8. The second kappa shape index (κ2) is 11.4. The fraction of sp³-hybridized carbons (Fsp3) is 0.138. The van der Waals surface area contributed by atoms with Crippen molar-refractivity contribution in [3.05, 3.63) is 100 Å².